The number of halogens is 2. The minimum Gasteiger partial charge on any atom is -0.618 e. The second-order valence-electron chi connectivity index (χ2n) is 1.75. The molecular formula is C6H5I2NO. The summed E-state index contributed by atoms with van der Waals surface area (Å²) >= 11 is 4.40. The Morgan fingerprint density at radius 2 is 2.10 bits per heavy atom. The first-order valence-electron chi connectivity index (χ1n) is 2.68. The van der Waals surface area contributed by atoms with Crippen molar-refractivity contribution in [2.24, 2.45) is 0 Å². The number of rotatable bonds is 1. The van der Waals surface area contributed by atoms with Gasteiger partial charge in [0.05, 0.1) is 0 Å². The third-order valence-electron chi connectivity index (χ3n) is 1.08. The van der Waals surface area contributed by atoms with Gasteiger partial charge in [-0.3, -0.25) is 0 Å². The molecule has 0 aliphatic rings. The normalized spacial score (nSPS) is 10.3. The molecule has 1 heterocycles. The van der Waals surface area contributed by atoms with Gasteiger partial charge in [0.2, 0.25) is 5.69 Å². The van der Waals surface area contributed by atoms with Gasteiger partial charge in [-0.05, 0) is 6.07 Å². The molecule has 0 saturated carbocycles. The van der Waals surface area contributed by atoms with Crippen molar-refractivity contribution < 1.29 is 4.73 Å². The van der Waals surface area contributed by atoms with Gasteiger partial charge in [-0.1, -0.05) is 45.2 Å². The van der Waals surface area contributed by atoms with E-state index < -0.39 is 0 Å². The highest BCUT2D eigenvalue weighted by molar-refractivity contribution is 14.2. The number of pyridine rings is 1. The van der Waals surface area contributed by atoms with Gasteiger partial charge in [-0.2, -0.15) is 4.73 Å². The summed E-state index contributed by atoms with van der Waals surface area (Å²) in [5.41, 5.74) is 0.795. The SMILES string of the molecule is [O-][n+]1ccccc1C(I)I. The first-order chi connectivity index (χ1) is 4.72. The number of hydrogen-bond acceptors (Lipinski definition) is 1. The highest BCUT2D eigenvalue weighted by Gasteiger charge is 2.10. The van der Waals surface area contributed by atoms with Crippen molar-refractivity contribution in [1.29, 1.82) is 0 Å². The third kappa shape index (κ3) is 1.94. The molecule has 0 atom stereocenters. The van der Waals surface area contributed by atoms with E-state index in [-0.39, 0.29) is 1.93 Å². The molecule has 10 heavy (non-hydrogen) atoms. The average Bonchev–Trinajstić information content (AvgIpc) is 1.88. The minimum atomic E-state index is 0.244. The molecule has 4 heteroatoms. The highest BCUT2D eigenvalue weighted by Crippen LogP contribution is 2.26. The molecule has 0 spiro atoms. The van der Waals surface area contributed by atoms with Crippen LogP contribution in [0.2, 0.25) is 0 Å². The summed E-state index contributed by atoms with van der Waals surface area (Å²) in [7, 11) is 0. The molecule has 1 aromatic rings. The molecule has 0 unspecified atom stereocenters. The molecule has 0 aliphatic heterocycles. The monoisotopic (exact) mass is 361 g/mol. The summed E-state index contributed by atoms with van der Waals surface area (Å²) in [5.74, 6) is 0. The molecule has 54 valence electrons. The first kappa shape index (κ1) is 8.51. The third-order valence-corrected chi connectivity index (χ3v) is 2.35. The standard InChI is InChI=1S/C6H5I2NO/c7-6(8)5-3-1-2-4-9(5)10/h1-4,6H. The van der Waals surface area contributed by atoms with Gasteiger partial charge in [-0.15, -0.1) is 0 Å². The second-order valence-corrected chi connectivity index (χ2v) is 6.63. The first-order valence-corrected chi connectivity index (χ1v) is 5.17. The fraction of sp³-hybridized carbons (Fsp3) is 0.167. The highest BCUT2D eigenvalue weighted by atomic mass is 127. The van der Waals surface area contributed by atoms with Crippen molar-refractivity contribution >= 4 is 45.2 Å². The van der Waals surface area contributed by atoms with E-state index in [2.05, 4.69) is 45.2 Å². The summed E-state index contributed by atoms with van der Waals surface area (Å²) in [6.07, 6.45) is 1.51. The smallest absolute Gasteiger partial charge is 0.215 e. The molecule has 0 N–H and O–H groups in total. The summed E-state index contributed by atoms with van der Waals surface area (Å²) in [6.45, 7) is 0. The van der Waals surface area contributed by atoms with Crippen LogP contribution in [0.1, 0.15) is 7.63 Å². The summed E-state index contributed by atoms with van der Waals surface area (Å²) in [5, 5.41) is 11.0. The zero-order valence-corrected chi connectivity index (χ0v) is 9.31. The fourth-order valence-corrected chi connectivity index (χ4v) is 1.57. The second kappa shape index (κ2) is 3.70. The van der Waals surface area contributed by atoms with Crippen molar-refractivity contribution in [2.75, 3.05) is 0 Å². The van der Waals surface area contributed by atoms with Crippen LogP contribution < -0.4 is 4.73 Å². The Balaban J connectivity index is 3.03. The molecule has 0 fully saturated rings. The lowest BCUT2D eigenvalue weighted by atomic mass is 10.4. The lowest BCUT2D eigenvalue weighted by Gasteiger charge is -2.02. The molecule has 0 bridgehead atoms. The minimum absolute atomic E-state index is 0.244. The van der Waals surface area contributed by atoms with Gasteiger partial charge in [0.25, 0.3) is 0 Å². The zero-order chi connectivity index (χ0) is 7.56. The summed E-state index contributed by atoms with van der Waals surface area (Å²) < 4.78 is 1.14. The maximum atomic E-state index is 11.0. The lowest BCUT2D eigenvalue weighted by molar-refractivity contribution is -0.612. The van der Waals surface area contributed by atoms with Gasteiger partial charge in [0.1, 0.15) is 1.93 Å². The summed E-state index contributed by atoms with van der Waals surface area (Å²) in [6, 6.07) is 5.43. The van der Waals surface area contributed by atoms with E-state index in [0.29, 0.717) is 0 Å². The van der Waals surface area contributed by atoms with E-state index in [9.17, 15) is 5.21 Å². The Kier molecular flexibility index (Phi) is 3.15. The Hall–Kier alpha value is 0.410. The van der Waals surface area contributed by atoms with Crippen molar-refractivity contribution in [2.45, 2.75) is 1.93 Å². The van der Waals surface area contributed by atoms with Gasteiger partial charge in [0.15, 0.2) is 6.20 Å². The quantitative estimate of drug-likeness (QED) is 0.326. The van der Waals surface area contributed by atoms with Crippen LogP contribution in [0.25, 0.3) is 0 Å². The maximum absolute atomic E-state index is 11.0. The molecule has 1 aromatic heterocycles. The molecule has 0 aliphatic carbocycles. The van der Waals surface area contributed by atoms with E-state index in [4.69, 9.17) is 0 Å². The average molecular weight is 361 g/mol. The molecule has 1 rings (SSSR count). The van der Waals surface area contributed by atoms with Crippen LogP contribution in [-0.4, -0.2) is 0 Å². The van der Waals surface area contributed by atoms with Gasteiger partial charge in [0, 0.05) is 12.1 Å². The number of hydrogen-bond donors (Lipinski definition) is 0. The molecule has 0 aromatic carbocycles. The molecule has 0 saturated heterocycles. The molecule has 2 nitrogen and oxygen atoms in total. The van der Waals surface area contributed by atoms with Gasteiger partial charge in [-0.25, -0.2) is 0 Å². The number of aromatic nitrogens is 1. The topological polar surface area (TPSA) is 26.9 Å². The van der Waals surface area contributed by atoms with Gasteiger partial charge >= 0.3 is 0 Å². The van der Waals surface area contributed by atoms with Crippen LogP contribution in [0.5, 0.6) is 0 Å². The predicted molar refractivity (Wildman–Crippen MR) is 56.2 cm³/mol. The number of alkyl halides is 2. The Morgan fingerprint density at radius 3 is 2.50 bits per heavy atom. The van der Waals surface area contributed by atoms with Crippen molar-refractivity contribution in [1.82, 2.24) is 0 Å². The molecule has 0 radical (unpaired) electrons. The van der Waals surface area contributed by atoms with Crippen LogP contribution >= 0.6 is 45.2 Å². The van der Waals surface area contributed by atoms with E-state index >= 15 is 0 Å². The van der Waals surface area contributed by atoms with E-state index in [1.54, 1.807) is 6.07 Å². The fourth-order valence-electron chi connectivity index (χ4n) is 0.610. The Bertz CT molecular complexity index is 227. The van der Waals surface area contributed by atoms with E-state index in [0.717, 1.165) is 10.4 Å². The Morgan fingerprint density at radius 1 is 1.40 bits per heavy atom. The van der Waals surface area contributed by atoms with Gasteiger partial charge < -0.3 is 5.21 Å². The zero-order valence-electron chi connectivity index (χ0n) is 5.00. The maximum Gasteiger partial charge on any atom is 0.215 e. The molecule has 0 amide bonds. The molecular weight excluding hydrogens is 356 g/mol. The summed E-state index contributed by atoms with van der Waals surface area (Å²) in [4.78, 5) is 0. The predicted octanol–water partition coefficient (Wildman–Crippen LogP) is 2.19. The van der Waals surface area contributed by atoms with Crippen molar-refractivity contribution in [3.05, 3.63) is 35.3 Å². The lowest BCUT2D eigenvalue weighted by Crippen LogP contribution is -2.30. The van der Waals surface area contributed by atoms with Crippen molar-refractivity contribution in [3.8, 4) is 0 Å². The van der Waals surface area contributed by atoms with Crippen LogP contribution in [0, 0.1) is 5.21 Å². The van der Waals surface area contributed by atoms with E-state index in [1.165, 1.54) is 6.20 Å². The van der Waals surface area contributed by atoms with Crippen molar-refractivity contribution in [3.63, 3.8) is 0 Å². The van der Waals surface area contributed by atoms with Crippen LogP contribution in [0.4, 0.5) is 0 Å². The largest absolute Gasteiger partial charge is 0.618 e. The van der Waals surface area contributed by atoms with Crippen LogP contribution in [-0.2, 0) is 0 Å². The van der Waals surface area contributed by atoms with Crippen LogP contribution in [0.15, 0.2) is 24.4 Å². The Labute approximate surface area is 86.5 Å². The van der Waals surface area contributed by atoms with Crippen LogP contribution in [0.3, 0.4) is 0 Å². The number of nitrogens with zero attached hydrogens (tertiary/aromatic N) is 1. The van der Waals surface area contributed by atoms with E-state index in [1.807, 2.05) is 12.1 Å².